The predicted molar refractivity (Wildman–Crippen MR) is 121 cm³/mol. The van der Waals surface area contributed by atoms with Gasteiger partial charge in [0.1, 0.15) is 5.82 Å². The Bertz CT molecular complexity index is 837. The SMILES string of the molecule is CCN=C(NC1CCN(c2ccc(C)cn2)CC1)NC1CC1c1ccccc1C. The molecule has 1 aliphatic carbocycles. The van der Waals surface area contributed by atoms with E-state index in [0.717, 1.165) is 44.3 Å². The molecule has 5 nitrogen and oxygen atoms in total. The molecule has 1 aromatic heterocycles. The Labute approximate surface area is 174 Å². The van der Waals surface area contributed by atoms with Crippen LogP contribution in [0, 0.1) is 13.8 Å². The quantitative estimate of drug-likeness (QED) is 0.602. The fraction of sp³-hybridized carbons (Fsp3) is 0.500. The molecule has 0 radical (unpaired) electrons. The highest BCUT2D eigenvalue weighted by molar-refractivity contribution is 5.81. The van der Waals surface area contributed by atoms with E-state index in [2.05, 4.69) is 77.7 Å². The monoisotopic (exact) mass is 391 g/mol. The summed E-state index contributed by atoms with van der Waals surface area (Å²) in [6.45, 7) is 9.24. The van der Waals surface area contributed by atoms with E-state index in [1.165, 1.54) is 23.1 Å². The molecule has 2 atom stereocenters. The number of nitrogens with zero attached hydrogens (tertiary/aromatic N) is 3. The summed E-state index contributed by atoms with van der Waals surface area (Å²) in [6, 6.07) is 14.0. The molecule has 154 valence electrons. The van der Waals surface area contributed by atoms with Gasteiger partial charge in [0, 0.05) is 43.8 Å². The molecule has 1 aromatic carbocycles. The van der Waals surface area contributed by atoms with Gasteiger partial charge in [-0.3, -0.25) is 4.99 Å². The van der Waals surface area contributed by atoms with Crippen LogP contribution in [0.15, 0.2) is 47.6 Å². The van der Waals surface area contributed by atoms with Crippen LogP contribution in [0.2, 0.25) is 0 Å². The molecule has 0 spiro atoms. The van der Waals surface area contributed by atoms with Crippen molar-refractivity contribution in [3.63, 3.8) is 0 Å². The van der Waals surface area contributed by atoms with Crippen LogP contribution in [0.25, 0.3) is 0 Å². The lowest BCUT2D eigenvalue weighted by Crippen LogP contribution is -2.49. The zero-order chi connectivity index (χ0) is 20.2. The predicted octanol–water partition coefficient (Wildman–Crippen LogP) is 3.78. The minimum Gasteiger partial charge on any atom is -0.356 e. The van der Waals surface area contributed by atoms with Gasteiger partial charge in [-0.2, -0.15) is 0 Å². The number of anilines is 1. The van der Waals surface area contributed by atoms with Gasteiger partial charge in [-0.25, -0.2) is 4.98 Å². The second-order valence-electron chi connectivity index (χ2n) is 8.37. The van der Waals surface area contributed by atoms with Gasteiger partial charge in [0.05, 0.1) is 0 Å². The molecule has 5 heteroatoms. The summed E-state index contributed by atoms with van der Waals surface area (Å²) >= 11 is 0. The lowest BCUT2D eigenvalue weighted by atomic mass is 10.0. The van der Waals surface area contributed by atoms with Crippen molar-refractivity contribution in [1.82, 2.24) is 15.6 Å². The summed E-state index contributed by atoms with van der Waals surface area (Å²) < 4.78 is 0. The molecule has 1 saturated carbocycles. The summed E-state index contributed by atoms with van der Waals surface area (Å²) in [4.78, 5) is 11.7. The summed E-state index contributed by atoms with van der Waals surface area (Å²) in [7, 11) is 0. The third-order valence-electron chi connectivity index (χ3n) is 6.07. The van der Waals surface area contributed by atoms with E-state index in [-0.39, 0.29) is 0 Å². The van der Waals surface area contributed by atoms with Gasteiger partial charge in [0.15, 0.2) is 5.96 Å². The minimum atomic E-state index is 0.463. The number of pyridine rings is 1. The van der Waals surface area contributed by atoms with Crippen LogP contribution >= 0.6 is 0 Å². The Morgan fingerprint density at radius 2 is 1.90 bits per heavy atom. The molecule has 29 heavy (non-hydrogen) atoms. The average Bonchev–Trinajstić information content (AvgIpc) is 3.48. The van der Waals surface area contributed by atoms with Crippen LogP contribution in [0.1, 0.15) is 48.8 Å². The molecule has 2 N–H and O–H groups in total. The minimum absolute atomic E-state index is 0.463. The maximum atomic E-state index is 4.70. The second kappa shape index (κ2) is 8.85. The van der Waals surface area contributed by atoms with Gasteiger partial charge in [0.2, 0.25) is 0 Å². The molecule has 0 amide bonds. The van der Waals surface area contributed by atoms with Gasteiger partial charge in [-0.05, 0) is 62.8 Å². The zero-order valence-corrected chi connectivity index (χ0v) is 17.9. The number of hydrogen-bond donors (Lipinski definition) is 2. The lowest BCUT2D eigenvalue weighted by molar-refractivity contribution is 0.459. The van der Waals surface area contributed by atoms with Crippen LogP contribution in [0.5, 0.6) is 0 Å². The van der Waals surface area contributed by atoms with E-state index in [9.17, 15) is 0 Å². The maximum Gasteiger partial charge on any atom is 0.191 e. The molecule has 1 aliphatic heterocycles. The second-order valence-corrected chi connectivity index (χ2v) is 8.37. The summed E-state index contributed by atoms with van der Waals surface area (Å²) in [5.74, 6) is 2.67. The molecular weight excluding hydrogens is 358 g/mol. The number of aryl methyl sites for hydroxylation is 2. The number of nitrogens with one attached hydrogen (secondary N) is 2. The number of aromatic nitrogens is 1. The topological polar surface area (TPSA) is 52.6 Å². The van der Waals surface area contributed by atoms with Crippen LogP contribution in [-0.2, 0) is 0 Å². The first-order valence-electron chi connectivity index (χ1n) is 10.9. The van der Waals surface area contributed by atoms with Crippen molar-refractivity contribution < 1.29 is 0 Å². The van der Waals surface area contributed by atoms with E-state index in [0.29, 0.717) is 18.0 Å². The molecule has 2 fully saturated rings. The summed E-state index contributed by atoms with van der Waals surface area (Å²) in [6.07, 6.45) is 5.35. The Morgan fingerprint density at radius 3 is 2.59 bits per heavy atom. The highest BCUT2D eigenvalue weighted by Crippen LogP contribution is 2.42. The maximum absolute atomic E-state index is 4.70. The van der Waals surface area contributed by atoms with E-state index in [1.54, 1.807) is 0 Å². The smallest absolute Gasteiger partial charge is 0.191 e. The summed E-state index contributed by atoms with van der Waals surface area (Å²) in [5.41, 5.74) is 4.07. The largest absolute Gasteiger partial charge is 0.356 e. The number of rotatable bonds is 5. The molecule has 2 unspecified atom stereocenters. The molecule has 2 aliphatic rings. The van der Waals surface area contributed by atoms with Crippen molar-refractivity contribution in [3.05, 3.63) is 59.3 Å². The molecule has 0 bridgehead atoms. The van der Waals surface area contributed by atoms with Gasteiger partial charge in [-0.1, -0.05) is 30.3 Å². The standard InChI is InChI=1S/C24H33N5/c1-4-25-24(28-22-15-21(22)20-8-6-5-7-18(20)3)27-19-11-13-29(14-12-19)23-10-9-17(2)16-26-23/h5-10,16,19,21-22H,4,11-15H2,1-3H3,(H2,25,27,28). The number of aliphatic imine (C=N–C) groups is 1. The number of piperidine rings is 1. The summed E-state index contributed by atoms with van der Waals surface area (Å²) in [5, 5.41) is 7.36. The third kappa shape index (κ3) is 4.89. The molecule has 4 rings (SSSR count). The van der Waals surface area contributed by atoms with Crippen molar-refractivity contribution in [3.8, 4) is 0 Å². The van der Waals surface area contributed by atoms with E-state index < -0.39 is 0 Å². The fourth-order valence-electron chi connectivity index (χ4n) is 4.26. The molecule has 2 aromatic rings. The first-order chi connectivity index (χ1) is 14.1. The van der Waals surface area contributed by atoms with Gasteiger partial charge in [-0.15, -0.1) is 0 Å². The van der Waals surface area contributed by atoms with Gasteiger partial charge < -0.3 is 15.5 Å². The first kappa shape index (κ1) is 19.7. The average molecular weight is 392 g/mol. The Kier molecular flexibility index (Phi) is 6.02. The number of benzene rings is 1. The Hall–Kier alpha value is -2.56. The van der Waals surface area contributed by atoms with Crippen LogP contribution in [0.4, 0.5) is 5.82 Å². The Morgan fingerprint density at radius 1 is 1.10 bits per heavy atom. The van der Waals surface area contributed by atoms with Crippen molar-refractivity contribution in [2.75, 3.05) is 24.5 Å². The van der Waals surface area contributed by atoms with E-state index in [4.69, 9.17) is 4.99 Å². The Balaban J connectivity index is 1.29. The van der Waals surface area contributed by atoms with Crippen molar-refractivity contribution in [1.29, 1.82) is 0 Å². The molecule has 2 heterocycles. The third-order valence-corrected chi connectivity index (χ3v) is 6.07. The van der Waals surface area contributed by atoms with Crippen LogP contribution in [0.3, 0.4) is 0 Å². The van der Waals surface area contributed by atoms with Crippen molar-refractivity contribution in [2.45, 2.75) is 58.0 Å². The highest BCUT2D eigenvalue weighted by Gasteiger charge is 2.40. The van der Waals surface area contributed by atoms with Gasteiger partial charge in [0.25, 0.3) is 0 Å². The first-order valence-corrected chi connectivity index (χ1v) is 10.9. The van der Waals surface area contributed by atoms with Crippen molar-refractivity contribution >= 4 is 11.8 Å². The number of guanidine groups is 1. The fourth-order valence-corrected chi connectivity index (χ4v) is 4.26. The number of hydrogen-bond acceptors (Lipinski definition) is 3. The van der Waals surface area contributed by atoms with Crippen LogP contribution in [-0.4, -0.2) is 42.7 Å². The zero-order valence-electron chi connectivity index (χ0n) is 17.9. The normalized spacial score (nSPS) is 22.4. The molecule has 1 saturated heterocycles. The van der Waals surface area contributed by atoms with E-state index >= 15 is 0 Å². The highest BCUT2D eigenvalue weighted by atomic mass is 15.2. The lowest BCUT2D eigenvalue weighted by Gasteiger charge is -2.34. The van der Waals surface area contributed by atoms with Crippen LogP contribution < -0.4 is 15.5 Å². The van der Waals surface area contributed by atoms with Gasteiger partial charge >= 0.3 is 0 Å². The van der Waals surface area contributed by atoms with Crippen molar-refractivity contribution in [2.24, 2.45) is 4.99 Å². The molecular formula is C24H33N5. The van der Waals surface area contributed by atoms with E-state index in [1.807, 2.05) is 6.20 Å².